The van der Waals surface area contributed by atoms with Crippen molar-refractivity contribution in [3.63, 3.8) is 0 Å². The van der Waals surface area contributed by atoms with Gasteiger partial charge in [-0.05, 0) is 18.1 Å². The molecule has 0 N–H and O–H groups in total. The Balaban J connectivity index is 3.37. The molecule has 0 amide bonds. The van der Waals surface area contributed by atoms with Gasteiger partial charge in [0.25, 0.3) is 0 Å². The highest BCUT2D eigenvalue weighted by Crippen LogP contribution is 2.38. The zero-order valence-corrected chi connectivity index (χ0v) is 13.8. The Labute approximate surface area is 132 Å². The summed E-state index contributed by atoms with van der Waals surface area (Å²) in [4.78, 5) is 7.60. The number of nitrogens with zero attached hydrogens (tertiary/aromatic N) is 3. The fourth-order valence-electron chi connectivity index (χ4n) is 2.04. The molecule has 22 heavy (non-hydrogen) atoms. The van der Waals surface area contributed by atoms with E-state index in [0.717, 1.165) is 18.0 Å². The van der Waals surface area contributed by atoms with Gasteiger partial charge in [0.05, 0.1) is 17.3 Å². The molecule has 0 saturated heterocycles. The first-order valence-corrected chi connectivity index (χ1v) is 7.77. The van der Waals surface area contributed by atoms with Crippen molar-refractivity contribution in [1.29, 1.82) is 5.26 Å². The zero-order chi connectivity index (χ0) is 17.1. The second-order valence-corrected chi connectivity index (χ2v) is 6.88. The van der Waals surface area contributed by atoms with Crippen LogP contribution in [-0.2, 0) is 6.18 Å². The first-order valence-electron chi connectivity index (χ1n) is 6.55. The maximum Gasteiger partial charge on any atom is 0.419 e. The molecule has 0 spiro atoms. The number of alkyl halides is 3. The van der Waals surface area contributed by atoms with Crippen LogP contribution in [0.3, 0.4) is 0 Å². The van der Waals surface area contributed by atoms with Crippen LogP contribution in [0.1, 0.15) is 44.4 Å². The second kappa shape index (κ2) is 6.69. The molecule has 1 unspecified atom stereocenters. The van der Waals surface area contributed by atoms with Crippen molar-refractivity contribution in [2.45, 2.75) is 44.4 Å². The normalized spacial score (nSPS) is 13.5. The van der Waals surface area contributed by atoms with Crippen LogP contribution >= 0.6 is 11.8 Å². The van der Waals surface area contributed by atoms with Crippen LogP contribution in [0.15, 0.2) is 23.5 Å². The largest absolute Gasteiger partial charge is 0.419 e. The molecule has 7 heteroatoms. The van der Waals surface area contributed by atoms with Crippen LogP contribution in [0, 0.1) is 16.7 Å². The Morgan fingerprint density at radius 1 is 1.41 bits per heavy atom. The number of nitriles is 1. The molecule has 0 aliphatic heterocycles. The smallest absolute Gasteiger partial charge is 0.230 e. The SMILES string of the molecule is C=C(CC(C)(C)C)C(C#N)c1nc(SC)ncc1C(F)(F)F. The Morgan fingerprint density at radius 2 is 2.00 bits per heavy atom. The van der Waals surface area contributed by atoms with Crippen LogP contribution in [0.2, 0.25) is 0 Å². The molecule has 1 rings (SSSR count). The van der Waals surface area contributed by atoms with Crippen LogP contribution < -0.4 is 0 Å². The fourth-order valence-corrected chi connectivity index (χ4v) is 2.39. The summed E-state index contributed by atoms with van der Waals surface area (Å²) in [7, 11) is 0. The Hall–Kier alpha value is -1.55. The Bertz CT molecular complexity index is 598. The van der Waals surface area contributed by atoms with E-state index in [0.29, 0.717) is 12.0 Å². The first-order chi connectivity index (χ1) is 9.99. The summed E-state index contributed by atoms with van der Waals surface area (Å²) in [6, 6.07) is 1.91. The molecular weight excluding hydrogens is 311 g/mol. The number of hydrogen-bond donors (Lipinski definition) is 0. The van der Waals surface area contributed by atoms with Crippen molar-refractivity contribution >= 4 is 11.8 Å². The van der Waals surface area contributed by atoms with E-state index < -0.39 is 17.7 Å². The third-order valence-corrected chi connectivity index (χ3v) is 3.41. The summed E-state index contributed by atoms with van der Waals surface area (Å²) < 4.78 is 39.5. The van der Waals surface area contributed by atoms with Gasteiger partial charge in [-0.15, -0.1) is 0 Å². The van der Waals surface area contributed by atoms with Gasteiger partial charge < -0.3 is 0 Å². The van der Waals surface area contributed by atoms with Crippen molar-refractivity contribution in [2.24, 2.45) is 5.41 Å². The Morgan fingerprint density at radius 3 is 2.41 bits per heavy atom. The molecule has 0 saturated carbocycles. The van der Waals surface area contributed by atoms with E-state index in [9.17, 15) is 18.4 Å². The van der Waals surface area contributed by atoms with Gasteiger partial charge in [-0.1, -0.05) is 44.7 Å². The quantitative estimate of drug-likeness (QED) is 0.451. The van der Waals surface area contributed by atoms with Gasteiger partial charge in [0.15, 0.2) is 5.16 Å². The van der Waals surface area contributed by atoms with Gasteiger partial charge in [-0.25, -0.2) is 9.97 Å². The number of allylic oxidation sites excluding steroid dienone is 1. The molecule has 0 aliphatic rings. The molecule has 1 atom stereocenters. The summed E-state index contributed by atoms with van der Waals surface area (Å²) in [5, 5.41) is 9.56. The minimum absolute atomic E-state index is 0.181. The molecular formula is C15H18F3N3S. The average molecular weight is 329 g/mol. The maximum atomic E-state index is 13.2. The monoisotopic (exact) mass is 329 g/mol. The lowest BCUT2D eigenvalue weighted by Crippen LogP contribution is -2.17. The van der Waals surface area contributed by atoms with E-state index in [-0.39, 0.29) is 16.3 Å². The second-order valence-electron chi connectivity index (χ2n) is 6.11. The van der Waals surface area contributed by atoms with E-state index in [2.05, 4.69) is 16.5 Å². The van der Waals surface area contributed by atoms with E-state index in [4.69, 9.17) is 0 Å². The molecule has 120 valence electrons. The predicted octanol–water partition coefficient (Wildman–Crippen LogP) is 4.82. The summed E-state index contributed by atoms with van der Waals surface area (Å²) in [5.74, 6) is -1.11. The van der Waals surface area contributed by atoms with Crippen LogP contribution in [0.4, 0.5) is 13.2 Å². The average Bonchev–Trinajstić information content (AvgIpc) is 2.36. The van der Waals surface area contributed by atoms with Crippen molar-refractivity contribution in [1.82, 2.24) is 9.97 Å². The molecule has 1 aromatic rings. The zero-order valence-electron chi connectivity index (χ0n) is 13.0. The van der Waals surface area contributed by atoms with Gasteiger partial charge in [0.2, 0.25) is 0 Å². The number of hydrogen-bond acceptors (Lipinski definition) is 4. The number of halogens is 3. The minimum atomic E-state index is -4.61. The lowest BCUT2D eigenvalue weighted by molar-refractivity contribution is -0.138. The van der Waals surface area contributed by atoms with Gasteiger partial charge >= 0.3 is 6.18 Å². The standard InChI is InChI=1S/C15H18F3N3S/c1-9(6-14(2,3)4)10(7-19)12-11(15(16,17)18)8-20-13(21-12)22-5/h8,10H,1,6H2,2-5H3. The minimum Gasteiger partial charge on any atom is -0.230 e. The van der Waals surface area contributed by atoms with Crippen molar-refractivity contribution in [3.8, 4) is 6.07 Å². The highest BCUT2D eigenvalue weighted by Gasteiger charge is 2.38. The van der Waals surface area contributed by atoms with Crippen LogP contribution in [-0.4, -0.2) is 16.2 Å². The Kier molecular flexibility index (Phi) is 5.63. The highest BCUT2D eigenvalue weighted by molar-refractivity contribution is 7.98. The first kappa shape index (κ1) is 18.5. The third-order valence-electron chi connectivity index (χ3n) is 2.85. The highest BCUT2D eigenvalue weighted by atomic mass is 32.2. The lowest BCUT2D eigenvalue weighted by Gasteiger charge is -2.23. The summed E-state index contributed by atoms with van der Waals surface area (Å²) >= 11 is 1.13. The number of aromatic nitrogens is 2. The summed E-state index contributed by atoms with van der Waals surface area (Å²) in [6.07, 6.45) is -1.77. The molecule has 0 aromatic carbocycles. The fraction of sp³-hybridized carbons (Fsp3) is 0.533. The molecule has 3 nitrogen and oxygen atoms in total. The van der Waals surface area contributed by atoms with Gasteiger partial charge in [0.1, 0.15) is 5.92 Å². The summed E-state index contributed by atoms with van der Waals surface area (Å²) in [5.41, 5.74) is -1.05. The van der Waals surface area contributed by atoms with Gasteiger partial charge in [-0.3, -0.25) is 0 Å². The molecule has 0 bridgehead atoms. The van der Waals surface area contributed by atoms with E-state index >= 15 is 0 Å². The third kappa shape index (κ3) is 4.73. The maximum absolute atomic E-state index is 13.2. The van der Waals surface area contributed by atoms with Gasteiger partial charge in [-0.2, -0.15) is 18.4 Å². The topological polar surface area (TPSA) is 49.6 Å². The van der Waals surface area contributed by atoms with E-state index in [1.807, 2.05) is 26.8 Å². The lowest BCUT2D eigenvalue weighted by atomic mass is 9.82. The molecule has 1 heterocycles. The van der Waals surface area contributed by atoms with E-state index in [1.165, 1.54) is 0 Å². The molecule has 0 aliphatic carbocycles. The summed E-state index contributed by atoms with van der Waals surface area (Å²) in [6.45, 7) is 9.61. The van der Waals surface area contributed by atoms with Crippen molar-refractivity contribution < 1.29 is 13.2 Å². The predicted molar refractivity (Wildman–Crippen MR) is 80.4 cm³/mol. The van der Waals surface area contributed by atoms with Crippen molar-refractivity contribution in [3.05, 3.63) is 29.6 Å². The van der Waals surface area contributed by atoms with E-state index in [1.54, 1.807) is 6.26 Å². The number of thioether (sulfide) groups is 1. The molecule has 0 radical (unpaired) electrons. The number of rotatable bonds is 4. The van der Waals surface area contributed by atoms with Crippen molar-refractivity contribution in [2.75, 3.05) is 6.26 Å². The molecule has 1 aromatic heterocycles. The van der Waals surface area contributed by atoms with Gasteiger partial charge in [0, 0.05) is 6.20 Å². The van der Waals surface area contributed by atoms with Crippen LogP contribution in [0.5, 0.6) is 0 Å². The molecule has 0 fully saturated rings. The van der Waals surface area contributed by atoms with Crippen LogP contribution in [0.25, 0.3) is 0 Å².